The van der Waals surface area contributed by atoms with Crippen molar-refractivity contribution in [3.05, 3.63) is 0 Å². The zero-order chi connectivity index (χ0) is 11.7. The SMILES string of the molecule is CC1CN(c2nc(N)nc(N)n2)CC(C)O1. The van der Waals surface area contributed by atoms with Crippen LogP contribution in [-0.2, 0) is 4.74 Å². The molecule has 1 aliphatic rings. The molecule has 0 bridgehead atoms. The third-order valence-corrected chi connectivity index (χ3v) is 2.36. The minimum atomic E-state index is 0.142. The first-order chi connectivity index (χ1) is 7.54. The van der Waals surface area contributed by atoms with Crippen molar-refractivity contribution < 1.29 is 4.74 Å². The van der Waals surface area contributed by atoms with E-state index in [2.05, 4.69) is 15.0 Å². The van der Waals surface area contributed by atoms with Gasteiger partial charge in [0.15, 0.2) is 0 Å². The summed E-state index contributed by atoms with van der Waals surface area (Å²) in [5.41, 5.74) is 11.1. The molecule has 0 spiro atoms. The minimum absolute atomic E-state index is 0.142. The predicted molar refractivity (Wildman–Crippen MR) is 60.9 cm³/mol. The number of hydrogen-bond acceptors (Lipinski definition) is 7. The van der Waals surface area contributed by atoms with Crippen LogP contribution in [0.3, 0.4) is 0 Å². The van der Waals surface area contributed by atoms with E-state index in [9.17, 15) is 0 Å². The Bertz CT molecular complexity index is 354. The van der Waals surface area contributed by atoms with Crippen LogP contribution in [0.5, 0.6) is 0 Å². The Balaban J connectivity index is 2.22. The first-order valence-corrected chi connectivity index (χ1v) is 5.22. The number of aromatic nitrogens is 3. The van der Waals surface area contributed by atoms with Crippen molar-refractivity contribution in [3.8, 4) is 0 Å². The highest BCUT2D eigenvalue weighted by Gasteiger charge is 2.24. The molecule has 7 heteroatoms. The highest BCUT2D eigenvalue weighted by atomic mass is 16.5. The molecule has 2 atom stereocenters. The van der Waals surface area contributed by atoms with Crippen molar-refractivity contribution in [2.45, 2.75) is 26.1 Å². The Kier molecular flexibility index (Phi) is 2.78. The Morgan fingerprint density at radius 1 is 1.06 bits per heavy atom. The molecule has 0 radical (unpaired) electrons. The van der Waals surface area contributed by atoms with Gasteiger partial charge in [0.1, 0.15) is 0 Å². The van der Waals surface area contributed by atoms with Crippen LogP contribution in [0.15, 0.2) is 0 Å². The Hall–Kier alpha value is -1.63. The molecular weight excluding hydrogens is 208 g/mol. The fourth-order valence-corrected chi connectivity index (χ4v) is 1.88. The van der Waals surface area contributed by atoms with E-state index in [1.54, 1.807) is 0 Å². The third-order valence-electron chi connectivity index (χ3n) is 2.36. The van der Waals surface area contributed by atoms with Gasteiger partial charge in [-0.05, 0) is 13.8 Å². The van der Waals surface area contributed by atoms with Gasteiger partial charge in [-0.2, -0.15) is 15.0 Å². The lowest BCUT2D eigenvalue weighted by atomic mass is 10.2. The number of rotatable bonds is 1. The Labute approximate surface area is 93.8 Å². The summed E-state index contributed by atoms with van der Waals surface area (Å²) in [5, 5.41) is 0. The Morgan fingerprint density at radius 3 is 2.06 bits per heavy atom. The van der Waals surface area contributed by atoms with E-state index >= 15 is 0 Å². The van der Waals surface area contributed by atoms with Crippen LogP contribution in [0.4, 0.5) is 17.8 Å². The molecule has 0 aliphatic carbocycles. The molecule has 16 heavy (non-hydrogen) atoms. The molecule has 2 rings (SSSR count). The van der Waals surface area contributed by atoms with Crippen molar-refractivity contribution in [2.24, 2.45) is 0 Å². The first-order valence-electron chi connectivity index (χ1n) is 5.22. The number of nitrogen functional groups attached to an aromatic ring is 2. The fraction of sp³-hybridized carbons (Fsp3) is 0.667. The van der Waals surface area contributed by atoms with Crippen LogP contribution in [0.2, 0.25) is 0 Å². The highest BCUT2D eigenvalue weighted by molar-refractivity contribution is 5.40. The lowest BCUT2D eigenvalue weighted by Gasteiger charge is -2.35. The molecule has 1 fully saturated rings. The molecule has 88 valence electrons. The van der Waals surface area contributed by atoms with Crippen LogP contribution in [0, 0.1) is 0 Å². The number of hydrogen-bond donors (Lipinski definition) is 2. The molecule has 1 aromatic heterocycles. The summed E-state index contributed by atoms with van der Waals surface area (Å²) in [5.74, 6) is 0.815. The smallest absolute Gasteiger partial charge is 0.232 e. The van der Waals surface area contributed by atoms with Gasteiger partial charge in [-0.25, -0.2) is 0 Å². The lowest BCUT2D eigenvalue weighted by Crippen LogP contribution is -2.46. The maximum atomic E-state index is 5.62. The largest absolute Gasteiger partial charge is 0.372 e. The van der Waals surface area contributed by atoms with E-state index in [0.29, 0.717) is 5.95 Å². The third kappa shape index (κ3) is 2.30. The standard InChI is InChI=1S/C9H16N6O/c1-5-3-15(4-6(2)16-5)9-13-7(10)12-8(11)14-9/h5-6H,3-4H2,1-2H3,(H4,10,11,12,13,14). The van der Waals surface area contributed by atoms with Gasteiger partial charge in [-0.15, -0.1) is 0 Å². The monoisotopic (exact) mass is 224 g/mol. The normalized spacial score (nSPS) is 25.8. The summed E-state index contributed by atoms with van der Waals surface area (Å²) >= 11 is 0. The average molecular weight is 224 g/mol. The zero-order valence-electron chi connectivity index (χ0n) is 9.42. The number of nitrogens with zero attached hydrogens (tertiary/aromatic N) is 4. The van der Waals surface area contributed by atoms with E-state index in [1.807, 2.05) is 18.7 Å². The van der Waals surface area contributed by atoms with Crippen LogP contribution in [0.1, 0.15) is 13.8 Å². The lowest BCUT2D eigenvalue weighted by molar-refractivity contribution is -0.00571. The maximum absolute atomic E-state index is 5.62. The van der Waals surface area contributed by atoms with Gasteiger partial charge < -0.3 is 21.1 Å². The summed E-state index contributed by atoms with van der Waals surface area (Å²) < 4.78 is 5.62. The van der Waals surface area contributed by atoms with E-state index in [-0.39, 0.29) is 24.1 Å². The van der Waals surface area contributed by atoms with Crippen molar-refractivity contribution >= 4 is 17.8 Å². The second-order valence-corrected chi connectivity index (χ2v) is 4.01. The molecule has 4 N–H and O–H groups in total. The average Bonchev–Trinajstić information content (AvgIpc) is 2.14. The van der Waals surface area contributed by atoms with Crippen LogP contribution in [0.25, 0.3) is 0 Å². The molecule has 2 unspecified atom stereocenters. The summed E-state index contributed by atoms with van der Waals surface area (Å²) in [6.07, 6.45) is 0.283. The van der Waals surface area contributed by atoms with E-state index < -0.39 is 0 Å². The first kappa shape index (κ1) is 10.9. The van der Waals surface area contributed by atoms with E-state index in [1.165, 1.54) is 0 Å². The quantitative estimate of drug-likeness (QED) is 0.672. The van der Waals surface area contributed by atoms with Crippen LogP contribution in [-0.4, -0.2) is 40.2 Å². The van der Waals surface area contributed by atoms with E-state index in [0.717, 1.165) is 13.1 Å². The zero-order valence-corrected chi connectivity index (χ0v) is 9.42. The van der Waals surface area contributed by atoms with Crippen molar-refractivity contribution in [2.75, 3.05) is 29.5 Å². The number of morpholine rings is 1. The maximum Gasteiger partial charge on any atom is 0.232 e. The van der Waals surface area contributed by atoms with Crippen molar-refractivity contribution in [1.29, 1.82) is 0 Å². The molecule has 7 nitrogen and oxygen atoms in total. The van der Waals surface area contributed by atoms with Gasteiger partial charge in [-0.3, -0.25) is 0 Å². The van der Waals surface area contributed by atoms with Crippen molar-refractivity contribution in [1.82, 2.24) is 15.0 Å². The topological polar surface area (TPSA) is 103 Å². The molecule has 2 heterocycles. The number of anilines is 3. The molecule has 1 aromatic rings. The molecule has 0 aromatic carbocycles. The van der Waals surface area contributed by atoms with Crippen LogP contribution < -0.4 is 16.4 Å². The van der Waals surface area contributed by atoms with Crippen LogP contribution >= 0.6 is 0 Å². The van der Waals surface area contributed by atoms with Crippen molar-refractivity contribution in [3.63, 3.8) is 0 Å². The molecule has 1 saturated heterocycles. The highest BCUT2D eigenvalue weighted by Crippen LogP contribution is 2.17. The molecule has 0 saturated carbocycles. The van der Waals surface area contributed by atoms with Gasteiger partial charge in [0.2, 0.25) is 17.8 Å². The summed E-state index contributed by atoms with van der Waals surface area (Å²) in [6, 6.07) is 0. The second kappa shape index (κ2) is 4.09. The Morgan fingerprint density at radius 2 is 1.56 bits per heavy atom. The predicted octanol–water partition coefficient (Wildman–Crippen LogP) is -0.350. The summed E-state index contributed by atoms with van der Waals surface area (Å²) in [7, 11) is 0. The fourth-order valence-electron chi connectivity index (χ4n) is 1.88. The second-order valence-electron chi connectivity index (χ2n) is 4.01. The van der Waals surface area contributed by atoms with Gasteiger partial charge in [0.05, 0.1) is 12.2 Å². The van der Waals surface area contributed by atoms with Gasteiger partial charge >= 0.3 is 0 Å². The van der Waals surface area contributed by atoms with E-state index in [4.69, 9.17) is 16.2 Å². The summed E-state index contributed by atoms with van der Waals surface area (Å²) in [4.78, 5) is 13.9. The molecule has 0 amide bonds. The van der Waals surface area contributed by atoms with Gasteiger partial charge in [0, 0.05) is 13.1 Å². The van der Waals surface area contributed by atoms with Gasteiger partial charge in [0.25, 0.3) is 0 Å². The summed E-state index contributed by atoms with van der Waals surface area (Å²) in [6.45, 7) is 5.48. The van der Waals surface area contributed by atoms with Gasteiger partial charge in [-0.1, -0.05) is 0 Å². The molecule has 1 aliphatic heterocycles. The molecular formula is C9H16N6O. The number of ether oxygens (including phenoxy) is 1. The minimum Gasteiger partial charge on any atom is -0.372 e. The number of nitrogens with two attached hydrogens (primary N) is 2.